The third-order valence-electron chi connectivity index (χ3n) is 2.97. The Bertz CT molecular complexity index is 575. The van der Waals surface area contributed by atoms with E-state index in [0.29, 0.717) is 11.4 Å². The first-order valence-electron chi connectivity index (χ1n) is 6.48. The molecular formula is C14H14Cl2N2O3. The van der Waals surface area contributed by atoms with E-state index in [1.165, 1.54) is 12.3 Å². The van der Waals surface area contributed by atoms with E-state index in [4.69, 9.17) is 27.9 Å². The van der Waals surface area contributed by atoms with Crippen molar-refractivity contribution in [3.05, 3.63) is 34.5 Å². The lowest BCUT2D eigenvalue weighted by molar-refractivity contribution is -0.147. The second-order valence-corrected chi connectivity index (χ2v) is 5.51. The molecule has 0 bridgehead atoms. The number of aromatic nitrogens is 1. The number of hydrogen-bond donors (Lipinski definition) is 1. The van der Waals surface area contributed by atoms with Crippen LogP contribution < -0.4 is 5.32 Å². The minimum atomic E-state index is -0.498. The number of halogens is 2. The van der Waals surface area contributed by atoms with Gasteiger partial charge in [0.15, 0.2) is 12.4 Å². The third-order valence-corrected chi connectivity index (χ3v) is 3.47. The molecular weight excluding hydrogens is 315 g/mol. The number of anilines is 1. The number of rotatable bonds is 5. The molecule has 0 spiro atoms. The number of nitrogens with zero attached hydrogens (tertiary/aromatic N) is 1. The van der Waals surface area contributed by atoms with Crippen molar-refractivity contribution < 1.29 is 14.3 Å². The number of ether oxygens (including phenoxy) is 1. The molecule has 1 N–H and O–H groups in total. The van der Waals surface area contributed by atoms with Gasteiger partial charge in [-0.25, -0.2) is 4.98 Å². The largest absolute Gasteiger partial charge is 0.456 e. The van der Waals surface area contributed by atoms with Crippen molar-refractivity contribution in [1.82, 2.24) is 4.98 Å². The van der Waals surface area contributed by atoms with Gasteiger partial charge in [0.2, 0.25) is 0 Å². The SMILES string of the molecule is O=C(COC(=O)C[C@H]1C=CCC1)Nc1ncc(Cl)cc1Cl. The van der Waals surface area contributed by atoms with Crippen molar-refractivity contribution in [2.45, 2.75) is 19.3 Å². The molecule has 1 amide bonds. The summed E-state index contributed by atoms with van der Waals surface area (Å²) in [5.41, 5.74) is 0. The molecule has 21 heavy (non-hydrogen) atoms. The second-order valence-electron chi connectivity index (χ2n) is 4.66. The number of esters is 1. The number of allylic oxidation sites excluding steroid dienone is 2. The molecule has 0 aromatic carbocycles. The lowest BCUT2D eigenvalue weighted by Gasteiger charge is -2.09. The van der Waals surface area contributed by atoms with Crippen molar-refractivity contribution in [3.63, 3.8) is 0 Å². The average Bonchev–Trinajstić information content (AvgIpc) is 2.92. The Labute approximate surface area is 132 Å². The Hall–Kier alpha value is -1.59. The lowest BCUT2D eigenvalue weighted by Crippen LogP contribution is -2.22. The van der Waals surface area contributed by atoms with Crippen LogP contribution in [0.4, 0.5) is 5.82 Å². The Morgan fingerprint density at radius 3 is 2.90 bits per heavy atom. The molecule has 0 fully saturated rings. The Morgan fingerprint density at radius 2 is 2.24 bits per heavy atom. The number of nitrogens with one attached hydrogen (secondary N) is 1. The van der Waals surface area contributed by atoms with Crippen molar-refractivity contribution in [2.75, 3.05) is 11.9 Å². The van der Waals surface area contributed by atoms with Gasteiger partial charge < -0.3 is 10.1 Å². The first kappa shape index (κ1) is 15.8. The van der Waals surface area contributed by atoms with Crippen LogP contribution in [0.1, 0.15) is 19.3 Å². The molecule has 1 aromatic heterocycles. The summed E-state index contributed by atoms with van der Waals surface area (Å²) in [5.74, 6) is -0.493. The molecule has 1 aliphatic carbocycles. The first-order chi connectivity index (χ1) is 10.0. The van der Waals surface area contributed by atoms with Crippen molar-refractivity contribution >= 4 is 40.9 Å². The number of hydrogen-bond acceptors (Lipinski definition) is 4. The molecule has 112 valence electrons. The van der Waals surface area contributed by atoms with Crippen molar-refractivity contribution in [2.24, 2.45) is 5.92 Å². The highest BCUT2D eigenvalue weighted by molar-refractivity contribution is 6.36. The van der Waals surface area contributed by atoms with E-state index in [1.807, 2.05) is 12.2 Å². The fraction of sp³-hybridized carbons (Fsp3) is 0.357. The maximum Gasteiger partial charge on any atom is 0.306 e. The predicted molar refractivity (Wildman–Crippen MR) is 80.3 cm³/mol. The van der Waals surface area contributed by atoms with E-state index in [0.717, 1.165) is 12.8 Å². The monoisotopic (exact) mass is 328 g/mol. The van der Waals surface area contributed by atoms with Gasteiger partial charge >= 0.3 is 5.97 Å². The van der Waals surface area contributed by atoms with Crippen molar-refractivity contribution in [1.29, 1.82) is 0 Å². The molecule has 0 saturated carbocycles. The number of carbonyl (C=O) groups excluding carboxylic acids is 2. The van der Waals surface area contributed by atoms with Gasteiger partial charge in [0.25, 0.3) is 5.91 Å². The highest BCUT2D eigenvalue weighted by atomic mass is 35.5. The fourth-order valence-corrected chi connectivity index (χ4v) is 2.39. The predicted octanol–water partition coefficient (Wildman–Crippen LogP) is 3.23. The fourth-order valence-electron chi connectivity index (χ4n) is 1.96. The molecule has 2 rings (SSSR count). The summed E-state index contributed by atoms with van der Waals surface area (Å²) in [4.78, 5) is 27.1. The second kappa shape index (κ2) is 7.43. The van der Waals surface area contributed by atoms with Gasteiger partial charge in [-0.05, 0) is 24.8 Å². The summed E-state index contributed by atoms with van der Waals surface area (Å²) < 4.78 is 4.92. The minimum absolute atomic E-state index is 0.181. The zero-order chi connectivity index (χ0) is 15.2. The molecule has 1 atom stereocenters. The van der Waals surface area contributed by atoms with E-state index in [2.05, 4.69) is 10.3 Å². The maximum atomic E-state index is 11.7. The zero-order valence-electron chi connectivity index (χ0n) is 11.1. The number of amides is 1. The topological polar surface area (TPSA) is 68.3 Å². The summed E-state index contributed by atoms with van der Waals surface area (Å²) in [6, 6.07) is 1.46. The van der Waals surface area contributed by atoms with E-state index in [1.54, 1.807) is 0 Å². The van der Waals surface area contributed by atoms with Crippen LogP contribution in [0.25, 0.3) is 0 Å². The highest BCUT2D eigenvalue weighted by Crippen LogP contribution is 2.22. The van der Waals surface area contributed by atoms with Crippen LogP contribution in [-0.2, 0) is 14.3 Å². The van der Waals surface area contributed by atoms with E-state index in [9.17, 15) is 9.59 Å². The molecule has 0 saturated heterocycles. The van der Waals surface area contributed by atoms with Gasteiger partial charge in [-0.2, -0.15) is 0 Å². The summed E-state index contributed by atoms with van der Waals surface area (Å²) in [6.07, 6.45) is 7.63. The van der Waals surface area contributed by atoms with Gasteiger partial charge in [-0.15, -0.1) is 0 Å². The molecule has 0 radical (unpaired) electrons. The van der Waals surface area contributed by atoms with Gasteiger partial charge in [-0.1, -0.05) is 35.4 Å². The first-order valence-corrected chi connectivity index (χ1v) is 7.23. The standard InChI is InChI=1S/C14H14Cl2N2O3/c15-10-6-11(16)14(17-7-10)18-12(19)8-21-13(20)5-9-3-1-2-4-9/h1,3,6-7,9H,2,4-5,8H2,(H,17,18,19)/t9-/m0/s1. The molecule has 1 heterocycles. The maximum absolute atomic E-state index is 11.7. The van der Waals surface area contributed by atoms with Crippen LogP contribution in [0.3, 0.4) is 0 Å². The van der Waals surface area contributed by atoms with E-state index < -0.39 is 11.9 Å². The van der Waals surface area contributed by atoms with Crippen LogP contribution in [0.15, 0.2) is 24.4 Å². The Morgan fingerprint density at radius 1 is 1.43 bits per heavy atom. The lowest BCUT2D eigenvalue weighted by atomic mass is 10.1. The normalized spacial score (nSPS) is 16.8. The summed E-state index contributed by atoms with van der Waals surface area (Å²) in [5, 5.41) is 3.04. The van der Waals surface area contributed by atoms with Crippen LogP contribution >= 0.6 is 23.2 Å². The van der Waals surface area contributed by atoms with Gasteiger partial charge in [0.05, 0.1) is 16.5 Å². The van der Waals surface area contributed by atoms with Crippen molar-refractivity contribution in [3.8, 4) is 0 Å². The molecule has 7 heteroatoms. The third kappa shape index (κ3) is 5.02. The molecule has 0 aliphatic heterocycles. The van der Waals surface area contributed by atoms with Crippen LogP contribution in [0.5, 0.6) is 0 Å². The Balaban J connectivity index is 1.76. The molecule has 0 unspecified atom stereocenters. The van der Waals surface area contributed by atoms with Crippen LogP contribution in [0.2, 0.25) is 10.0 Å². The molecule has 1 aliphatic rings. The summed E-state index contributed by atoms with van der Waals surface area (Å²) >= 11 is 11.6. The Kier molecular flexibility index (Phi) is 5.59. The van der Waals surface area contributed by atoms with Gasteiger partial charge in [-0.3, -0.25) is 9.59 Å². The number of carbonyl (C=O) groups is 2. The van der Waals surface area contributed by atoms with E-state index in [-0.39, 0.29) is 23.4 Å². The van der Waals surface area contributed by atoms with E-state index >= 15 is 0 Å². The minimum Gasteiger partial charge on any atom is -0.456 e. The van der Waals surface area contributed by atoms with Gasteiger partial charge in [0, 0.05) is 6.20 Å². The summed E-state index contributed by atoms with van der Waals surface area (Å²) in [6.45, 7) is -0.365. The molecule has 5 nitrogen and oxygen atoms in total. The quantitative estimate of drug-likeness (QED) is 0.665. The molecule has 1 aromatic rings. The summed E-state index contributed by atoms with van der Waals surface area (Å²) in [7, 11) is 0. The average molecular weight is 329 g/mol. The van der Waals surface area contributed by atoms with Crippen LogP contribution in [0, 0.1) is 5.92 Å². The highest BCUT2D eigenvalue weighted by Gasteiger charge is 2.16. The smallest absolute Gasteiger partial charge is 0.306 e. The van der Waals surface area contributed by atoms with Crippen LogP contribution in [-0.4, -0.2) is 23.5 Å². The zero-order valence-corrected chi connectivity index (χ0v) is 12.7. The number of pyridine rings is 1. The van der Waals surface area contributed by atoms with Gasteiger partial charge in [0.1, 0.15) is 0 Å².